The fraction of sp³-hybridized carbons (Fsp3) is 0.364. The number of ether oxygens (including phenoxy) is 1. The molecule has 2 unspecified atom stereocenters. The van der Waals surface area contributed by atoms with Crippen LogP contribution in [-0.4, -0.2) is 23.6 Å². The molecule has 2 aliphatic rings. The molecule has 0 bridgehead atoms. The van der Waals surface area contributed by atoms with Crippen molar-refractivity contribution in [2.24, 2.45) is 5.92 Å². The van der Waals surface area contributed by atoms with Crippen molar-refractivity contribution in [3.8, 4) is 5.75 Å². The van der Waals surface area contributed by atoms with Crippen molar-refractivity contribution in [2.45, 2.75) is 37.6 Å². The van der Waals surface area contributed by atoms with Crippen molar-refractivity contribution in [1.82, 2.24) is 5.32 Å². The monoisotopic (exact) mass is 365 g/mol. The number of carboxylic acid groups (broad SMARTS) is 1. The van der Waals surface area contributed by atoms with Crippen LogP contribution < -0.4 is 10.1 Å². The Morgan fingerprint density at radius 1 is 1.19 bits per heavy atom. The first kappa shape index (κ1) is 17.6. The van der Waals surface area contributed by atoms with Gasteiger partial charge in [0.05, 0.1) is 0 Å². The molecule has 0 aromatic heterocycles. The summed E-state index contributed by atoms with van der Waals surface area (Å²) in [6.45, 7) is 0.0388. The van der Waals surface area contributed by atoms with E-state index in [1.54, 1.807) is 18.2 Å². The van der Waals surface area contributed by atoms with Crippen LogP contribution in [0.15, 0.2) is 48.5 Å². The van der Waals surface area contributed by atoms with Crippen molar-refractivity contribution < 1.29 is 19.4 Å². The van der Waals surface area contributed by atoms with Crippen LogP contribution in [0.4, 0.5) is 0 Å². The summed E-state index contributed by atoms with van der Waals surface area (Å²) in [5, 5.41) is 11.7. The molecular weight excluding hydrogens is 342 g/mol. The highest BCUT2D eigenvalue weighted by Gasteiger charge is 2.59. The predicted molar refractivity (Wildman–Crippen MR) is 101 cm³/mol. The number of hydrogen-bond acceptors (Lipinski definition) is 3. The quantitative estimate of drug-likeness (QED) is 0.825. The molecule has 5 heteroatoms. The highest BCUT2D eigenvalue weighted by Crippen LogP contribution is 2.60. The topological polar surface area (TPSA) is 75.6 Å². The van der Waals surface area contributed by atoms with Crippen LogP contribution in [0.3, 0.4) is 0 Å². The molecule has 2 atom stereocenters. The Morgan fingerprint density at radius 2 is 2.04 bits per heavy atom. The van der Waals surface area contributed by atoms with Crippen LogP contribution >= 0.6 is 0 Å². The van der Waals surface area contributed by atoms with Crippen LogP contribution in [-0.2, 0) is 28.0 Å². The number of amides is 1. The Labute approximate surface area is 158 Å². The first-order chi connectivity index (χ1) is 13.1. The third-order valence-electron chi connectivity index (χ3n) is 5.74. The van der Waals surface area contributed by atoms with E-state index >= 15 is 0 Å². The average Bonchev–Trinajstić information content (AvgIpc) is 3.40. The molecule has 1 spiro atoms. The van der Waals surface area contributed by atoms with Crippen molar-refractivity contribution in [3.05, 3.63) is 65.2 Å². The van der Waals surface area contributed by atoms with E-state index in [1.165, 1.54) is 11.1 Å². The van der Waals surface area contributed by atoms with E-state index in [0.29, 0.717) is 12.3 Å². The van der Waals surface area contributed by atoms with Gasteiger partial charge in [0.1, 0.15) is 5.75 Å². The highest BCUT2D eigenvalue weighted by molar-refractivity contribution is 5.84. The third-order valence-corrected chi connectivity index (χ3v) is 5.74. The molecule has 2 aromatic rings. The number of aryl methyl sites for hydroxylation is 1. The number of carbonyl (C=O) groups is 2. The molecule has 27 heavy (non-hydrogen) atoms. The molecule has 0 saturated heterocycles. The average molecular weight is 365 g/mol. The zero-order valence-corrected chi connectivity index (χ0v) is 15.1. The van der Waals surface area contributed by atoms with Gasteiger partial charge in [0.15, 0.2) is 6.61 Å². The molecule has 2 N–H and O–H groups in total. The fourth-order valence-electron chi connectivity index (χ4n) is 4.38. The smallest absolute Gasteiger partial charge is 0.341 e. The van der Waals surface area contributed by atoms with Gasteiger partial charge in [0.25, 0.3) is 0 Å². The normalized spacial score (nSPS) is 22.7. The van der Waals surface area contributed by atoms with E-state index in [9.17, 15) is 9.59 Å². The number of carboxylic acids is 1. The summed E-state index contributed by atoms with van der Waals surface area (Å²) in [6, 6.07) is 15.7. The van der Waals surface area contributed by atoms with Crippen LogP contribution in [0, 0.1) is 5.92 Å². The summed E-state index contributed by atoms with van der Waals surface area (Å²) in [5.74, 6) is -0.372. The SMILES string of the molecule is O=C(O)COc1cccc(CNC(=O)C2CC23CCCc2ccccc23)c1. The van der Waals surface area contributed by atoms with Crippen molar-refractivity contribution >= 4 is 11.9 Å². The molecule has 1 amide bonds. The zero-order chi connectivity index (χ0) is 18.9. The predicted octanol–water partition coefficient (Wildman–Crippen LogP) is 3.06. The maximum Gasteiger partial charge on any atom is 0.341 e. The van der Waals surface area contributed by atoms with Crippen molar-refractivity contribution in [3.63, 3.8) is 0 Å². The van der Waals surface area contributed by atoms with Crippen LogP contribution in [0.1, 0.15) is 36.0 Å². The highest BCUT2D eigenvalue weighted by atomic mass is 16.5. The number of rotatable bonds is 6. The molecule has 0 aliphatic heterocycles. The third kappa shape index (κ3) is 3.54. The van der Waals surface area contributed by atoms with E-state index in [1.807, 2.05) is 6.07 Å². The largest absolute Gasteiger partial charge is 0.482 e. The Kier molecular flexibility index (Phi) is 4.60. The van der Waals surface area contributed by atoms with Crippen molar-refractivity contribution in [2.75, 3.05) is 6.61 Å². The van der Waals surface area contributed by atoms with Gasteiger partial charge in [-0.15, -0.1) is 0 Å². The molecule has 2 aliphatic carbocycles. The van der Waals surface area contributed by atoms with Gasteiger partial charge in [0, 0.05) is 17.9 Å². The van der Waals surface area contributed by atoms with Crippen LogP contribution in [0.2, 0.25) is 0 Å². The van der Waals surface area contributed by atoms with E-state index in [2.05, 4.69) is 29.6 Å². The Bertz CT molecular complexity index is 878. The molecule has 2 aromatic carbocycles. The van der Waals surface area contributed by atoms with E-state index in [4.69, 9.17) is 9.84 Å². The van der Waals surface area contributed by atoms with Gasteiger partial charge in [0.2, 0.25) is 5.91 Å². The molecule has 140 valence electrons. The summed E-state index contributed by atoms with van der Waals surface area (Å²) in [7, 11) is 0. The zero-order valence-electron chi connectivity index (χ0n) is 15.1. The minimum absolute atomic E-state index is 0.0331. The van der Waals surface area contributed by atoms with Gasteiger partial charge in [-0.2, -0.15) is 0 Å². The van der Waals surface area contributed by atoms with Gasteiger partial charge in [-0.3, -0.25) is 4.79 Å². The summed E-state index contributed by atoms with van der Waals surface area (Å²) in [5.41, 5.74) is 3.68. The lowest BCUT2D eigenvalue weighted by Gasteiger charge is -2.26. The lowest BCUT2D eigenvalue weighted by Crippen LogP contribution is -2.29. The van der Waals surface area contributed by atoms with Crippen LogP contribution in [0.25, 0.3) is 0 Å². The van der Waals surface area contributed by atoms with E-state index < -0.39 is 5.97 Å². The summed E-state index contributed by atoms with van der Waals surface area (Å²) >= 11 is 0. The molecule has 0 radical (unpaired) electrons. The van der Waals surface area contributed by atoms with Gasteiger partial charge in [-0.1, -0.05) is 36.4 Å². The molecule has 5 nitrogen and oxygen atoms in total. The number of carbonyl (C=O) groups excluding carboxylic acids is 1. The second-order valence-electron chi connectivity index (χ2n) is 7.47. The Morgan fingerprint density at radius 3 is 2.89 bits per heavy atom. The second-order valence-corrected chi connectivity index (χ2v) is 7.47. The minimum atomic E-state index is -1.01. The first-order valence-corrected chi connectivity index (χ1v) is 9.38. The Balaban J connectivity index is 1.38. The maximum absolute atomic E-state index is 12.7. The number of benzene rings is 2. The number of hydrogen-bond donors (Lipinski definition) is 2. The van der Waals surface area contributed by atoms with E-state index in [0.717, 1.165) is 31.2 Å². The molecular formula is C22H23NO4. The minimum Gasteiger partial charge on any atom is -0.482 e. The summed E-state index contributed by atoms with van der Waals surface area (Å²) in [6.07, 6.45) is 4.26. The van der Waals surface area contributed by atoms with Gasteiger partial charge >= 0.3 is 5.97 Å². The standard InChI is InChI=1S/C22H23NO4/c24-20(25)14-27-17-8-3-5-15(11-17)13-23-21(26)19-12-22(19)10-4-7-16-6-1-2-9-18(16)22/h1-3,5-6,8-9,11,19H,4,7,10,12-14H2,(H,23,26)(H,24,25). The second kappa shape index (κ2) is 7.06. The summed E-state index contributed by atoms with van der Waals surface area (Å²) in [4.78, 5) is 23.3. The lowest BCUT2D eigenvalue weighted by molar-refractivity contribution is -0.139. The fourth-order valence-corrected chi connectivity index (χ4v) is 4.38. The Hall–Kier alpha value is -2.82. The molecule has 4 rings (SSSR count). The lowest BCUT2D eigenvalue weighted by atomic mass is 9.78. The van der Waals surface area contributed by atoms with Crippen molar-refractivity contribution in [1.29, 1.82) is 0 Å². The number of nitrogens with one attached hydrogen (secondary N) is 1. The molecule has 0 heterocycles. The maximum atomic E-state index is 12.7. The number of fused-ring (bicyclic) bond motifs is 2. The molecule has 1 fully saturated rings. The van der Waals surface area contributed by atoms with Crippen LogP contribution in [0.5, 0.6) is 5.75 Å². The molecule has 1 saturated carbocycles. The van der Waals surface area contributed by atoms with E-state index in [-0.39, 0.29) is 23.8 Å². The van der Waals surface area contributed by atoms with Gasteiger partial charge in [-0.25, -0.2) is 4.79 Å². The first-order valence-electron chi connectivity index (χ1n) is 9.38. The summed E-state index contributed by atoms with van der Waals surface area (Å²) < 4.78 is 5.19. The van der Waals surface area contributed by atoms with Gasteiger partial charge in [-0.05, 0) is 54.5 Å². The number of aliphatic carboxylic acids is 1. The van der Waals surface area contributed by atoms with Gasteiger partial charge < -0.3 is 15.2 Å².